The first-order valence-electron chi connectivity index (χ1n) is 4.72. The van der Waals surface area contributed by atoms with Crippen LogP contribution in [0.1, 0.15) is 38.5 Å². The molecule has 0 saturated heterocycles. The van der Waals surface area contributed by atoms with Crippen molar-refractivity contribution >= 4 is 11.6 Å². The second-order valence-electron chi connectivity index (χ2n) is 3.66. The summed E-state index contributed by atoms with van der Waals surface area (Å²) in [5, 5.41) is 10.2. The molecule has 0 heterocycles. The number of halogens is 1. The SMILES string of the molecule is C=C(Cl)C1CCCCC(O)CC1. The predicted molar refractivity (Wildman–Crippen MR) is 52.2 cm³/mol. The highest BCUT2D eigenvalue weighted by atomic mass is 35.5. The van der Waals surface area contributed by atoms with E-state index in [1.807, 2.05) is 0 Å². The number of hydrogen-bond acceptors (Lipinski definition) is 1. The van der Waals surface area contributed by atoms with Crippen LogP contribution in [0.4, 0.5) is 0 Å². The van der Waals surface area contributed by atoms with Gasteiger partial charge in [-0.25, -0.2) is 0 Å². The van der Waals surface area contributed by atoms with Crippen LogP contribution in [0, 0.1) is 5.92 Å². The van der Waals surface area contributed by atoms with Gasteiger partial charge in [-0.05, 0) is 31.6 Å². The van der Waals surface area contributed by atoms with Crippen LogP contribution in [-0.4, -0.2) is 11.2 Å². The van der Waals surface area contributed by atoms with Crippen LogP contribution in [0.25, 0.3) is 0 Å². The van der Waals surface area contributed by atoms with Crippen molar-refractivity contribution in [1.29, 1.82) is 0 Å². The maximum absolute atomic E-state index is 9.44. The fourth-order valence-corrected chi connectivity index (χ4v) is 1.98. The smallest absolute Gasteiger partial charge is 0.0540 e. The molecule has 0 bridgehead atoms. The minimum absolute atomic E-state index is 0.108. The fraction of sp³-hybridized carbons (Fsp3) is 0.800. The van der Waals surface area contributed by atoms with E-state index >= 15 is 0 Å². The third kappa shape index (κ3) is 3.16. The van der Waals surface area contributed by atoms with E-state index in [0.717, 1.165) is 37.1 Å². The predicted octanol–water partition coefficient (Wildman–Crippen LogP) is 3.07. The molecule has 2 atom stereocenters. The van der Waals surface area contributed by atoms with Crippen molar-refractivity contribution < 1.29 is 5.11 Å². The molecular weight excluding hydrogens is 172 g/mol. The standard InChI is InChI=1S/C10H17ClO/c1-8(11)9-4-2-3-5-10(12)7-6-9/h9-10,12H,1-7H2. The molecule has 0 aliphatic heterocycles. The average Bonchev–Trinajstić information content (AvgIpc) is 1.97. The zero-order chi connectivity index (χ0) is 8.97. The van der Waals surface area contributed by atoms with Gasteiger partial charge in [0.15, 0.2) is 0 Å². The molecule has 0 amide bonds. The molecule has 0 aromatic heterocycles. The van der Waals surface area contributed by atoms with E-state index < -0.39 is 0 Å². The third-order valence-electron chi connectivity index (χ3n) is 2.63. The van der Waals surface area contributed by atoms with E-state index in [1.54, 1.807) is 0 Å². The molecule has 0 aromatic carbocycles. The van der Waals surface area contributed by atoms with Gasteiger partial charge in [0.1, 0.15) is 0 Å². The lowest BCUT2D eigenvalue weighted by Crippen LogP contribution is -2.13. The first-order chi connectivity index (χ1) is 5.70. The summed E-state index contributed by atoms with van der Waals surface area (Å²) in [6.45, 7) is 3.76. The first-order valence-corrected chi connectivity index (χ1v) is 5.10. The lowest BCUT2D eigenvalue weighted by molar-refractivity contribution is 0.135. The summed E-state index contributed by atoms with van der Waals surface area (Å²) in [6.07, 6.45) is 6.19. The van der Waals surface area contributed by atoms with Crippen molar-refractivity contribution in [2.45, 2.75) is 44.6 Å². The Morgan fingerprint density at radius 1 is 1.17 bits per heavy atom. The zero-order valence-electron chi connectivity index (χ0n) is 7.43. The topological polar surface area (TPSA) is 20.2 Å². The Hall–Kier alpha value is -0.0100. The summed E-state index contributed by atoms with van der Waals surface area (Å²) >= 11 is 5.85. The van der Waals surface area contributed by atoms with Crippen molar-refractivity contribution in [2.75, 3.05) is 0 Å². The van der Waals surface area contributed by atoms with Crippen LogP contribution < -0.4 is 0 Å². The minimum atomic E-state index is -0.108. The molecule has 2 unspecified atom stereocenters. The van der Waals surface area contributed by atoms with E-state index in [0.29, 0.717) is 5.92 Å². The lowest BCUT2D eigenvalue weighted by atomic mass is 9.90. The van der Waals surface area contributed by atoms with E-state index in [4.69, 9.17) is 11.6 Å². The summed E-state index contributed by atoms with van der Waals surface area (Å²) in [5.41, 5.74) is 0. The van der Waals surface area contributed by atoms with Gasteiger partial charge in [-0.2, -0.15) is 0 Å². The molecule has 0 radical (unpaired) electrons. The molecular formula is C10H17ClO. The molecule has 1 aliphatic carbocycles. The summed E-state index contributed by atoms with van der Waals surface area (Å²) < 4.78 is 0. The molecule has 1 nitrogen and oxygen atoms in total. The maximum atomic E-state index is 9.44. The lowest BCUT2D eigenvalue weighted by Gasteiger charge is -2.21. The van der Waals surface area contributed by atoms with Crippen LogP contribution in [0.3, 0.4) is 0 Å². The van der Waals surface area contributed by atoms with E-state index in [1.165, 1.54) is 6.42 Å². The maximum Gasteiger partial charge on any atom is 0.0540 e. The first kappa shape index (κ1) is 10.1. The normalized spacial score (nSPS) is 32.2. The van der Waals surface area contributed by atoms with Crippen molar-refractivity contribution in [1.82, 2.24) is 0 Å². The van der Waals surface area contributed by atoms with Crippen LogP contribution in [0.2, 0.25) is 0 Å². The van der Waals surface area contributed by atoms with Crippen molar-refractivity contribution in [3.05, 3.63) is 11.6 Å². The Kier molecular flexibility index (Phi) is 4.10. The van der Waals surface area contributed by atoms with Crippen molar-refractivity contribution in [3.63, 3.8) is 0 Å². The van der Waals surface area contributed by atoms with E-state index in [9.17, 15) is 5.11 Å². The Bertz CT molecular complexity index is 156. The Morgan fingerprint density at radius 2 is 1.83 bits per heavy atom. The van der Waals surface area contributed by atoms with Gasteiger partial charge in [0.2, 0.25) is 0 Å². The Balaban J connectivity index is 2.39. The summed E-state index contributed by atoms with van der Waals surface area (Å²) in [5.74, 6) is 0.432. The number of aliphatic hydroxyl groups excluding tert-OH is 1. The highest BCUT2D eigenvalue weighted by Crippen LogP contribution is 2.28. The zero-order valence-corrected chi connectivity index (χ0v) is 8.19. The molecule has 1 N–H and O–H groups in total. The van der Waals surface area contributed by atoms with Crippen LogP contribution >= 0.6 is 11.6 Å². The van der Waals surface area contributed by atoms with E-state index in [2.05, 4.69) is 6.58 Å². The van der Waals surface area contributed by atoms with Crippen molar-refractivity contribution in [2.24, 2.45) is 5.92 Å². The minimum Gasteiger partial charge on any atom is -0.393 e. The van der Waals surface area contributed by atoms with Gasteiger partial charge in [0.25, 0.3) is 0 Å². The molecule has 70 valence electrons. The number of hydrogen-bond donors (Lipinski definition) is 1. The second-order valence-corrected chi connectivity index (χ2v) is 4.14. The summed E-state index contributed by atoms with van der Waals surface area (Å²) in [7, 11) is 0. The molecule has 1 saturated carbocycles. The molecule has 1 aliphatic rings. The van der Waals surface area contributed by atoms with Crippen LogP contribution in [0.5, 0.6) is 0 Å². The molecule has 1 fully saturated rings. The number of aliphatic hydroxyl groups is 1. The van der Waals surface area contributed by atoms with Crippen LogP contribution in [0.15, 0.2) is 11.6 Å². The van der Waals surface area contributed by atoms with Crippen molar-refractivity contribution in [3.8, 4) is 0 Å². The molecule has 0 aromatic rings. The van der Waals surface area contributed by atoms with Gasteiger partial charge in [-0.3, -0.25) is 0 Å². The van der Waals surface area contributed by atoms with Gasteiger partial charge in [0, 0.05) is 5.03 Å². The molecule has 12 heavy (non-hydrogen) atoms. The monoisotopic (exact) mass is 188 g/mol. The highest BCUT2D eigenvalue weighted by Gasteiger charge is 2.16. The number of allylic oxidation sites excluding steroid dienone is 1. The average molecular weight is 189 g/mol. The second kappa shape index (κ2) is 4.88. The largest absolute Gasteiger partial charge is 0.393 e. The summed E-state index contributed by atoms with van der Waals surface area (Å²) in [6, 6.07) is 0. The Morgan fingerprint density at radius 3 is 2.50 bits per heavy atom. The van der Waals surface area contributed by atoms with Gasteiger partial charge in [-0.1, -0.05) is 31.0 Å². The van der Waals surface area contributed by atoms with E-state index in [-0.39, 0.29) is 6.10 Å². The summed E-state index contributed by atoms with van der Waals surface area (Å²) in [4.78, 5) is 0. The quantitative estimate of drug-likeness (QED) is 0.671. The molecule has 2 heteroatoms. The third-order valence-corrected chi connectivity index (χ3v) is 2.94. The highest BCUT2D eigenvalue weighted by molar-refractivity contribution is 6.29. The van der Waals surface area contributed by atoms with Gasteiger partial charge in [-0.15, -0.1) is 0 Å². The Labute approximate surface area is 79.4 Å². The van der Waals surface area contributed by atoms with Gasteiger partial charge < -0.3 is 5.11 Å². The van der Waals surface area contributed by atoms with Gasteiger partial charge >= 0.3 is 0 Å². The molecule has 1 rings (SSSR count). The molecule has 0 spiro atoms. The van der Waals surface area contributed by atoms with Crippen LogP contribution in [-0.2, 0) is 0 Å². The van der Waals surface area contributed by atoms with Gasteiger partial charge in [0.05, 0.1) is 6.10 Å². The fourth-order valence-electron chi connectivity index (χ4n) is 1.77. The number of rotatable bonds is 1.